The number of aliphatic hydroxyl groups is 2. The monoisotopic (exact) mass is 735 g/mol. The van der Waals surface area contributed by atoms with Crippen LogP contribution in [0.5, 0.6) is 11.5 Å². The highest BCUT2D eigenvalue weighted by molar-refractivity contribution is 6.39. The Morgan fingerprint density at radius 2 is 1.39 bits per heavy atom. The summed E-state index contributed by atoms with van der Waals surface area (Å²) in [6.07, 6.45) is 4.75. The quantitative estimate of drug-likeness (QED) is 0.0788. The number of phenols is 1. The van der Waals surface area contributed by atoms with Crippen LogP contribution in [0.1, 0.15) is 86.1 Å². The minimum Gasteiger partial charge on any atom is -0.507 e. The summed E-state index contributed by atoms with van der Waals surface area (Å²) in [5.41, 5.74) is 1.70. The first kappa shape index (κ1) is 35.7. The third-order valence-electron chi connectivity index (χ3n) is 12.4. The van der Waals surface area contributed by atoms with Crippen molar-refractivity contribution in [3.05, 3.63) is 66.0 Å². The van der Waals surface area contributed by atoms with Crippen LogP contribution in [-0.2, 0) is 34.0 Å². The normalized spacial score (nSPS) is 22.5. The summed E-state index contributed by atoms with van der Waals surface area (Å²) in [4.78, 5) is 66.3. The van der Waals surface area contributed by atoms with Crippen LogP contribution in [0, 0.1) is 17.8 Å². The molecule has 54 heavy (non-hydrogen) atoms. The highest BCUT2D eigenvalue weighted by Crippen LogP contribution is 2.56. The van der Waals surface area contributed by atoms with Gasteiger partial charge in [-0.3, -0.25) is 24.0 Å². The van der Waals surface area contributed by atoms with E-state index in [0.29, 0.717) is 93.1 Å². The van der Waals surface area contributed by atoms with Gasteiger partial charge in [0.25, 0.3) is 0 Å². The van der Waals surface area contributed by atoms with Gasteiger partial charge in [-0.25, -0.2) is 0 Å². The highest BCUT2D eigenvalue weighted by atomic mass is 16.5. The van der Waals surface area contributed by atoms with Gasteiger partial charge in [-0.2, -0.15) is 0 Å². The number of ketones is 1. The van der Waals surface area contributed by atoms with E-state index in [1.807, 2.05) is 6.08 Å². The molecule has 12 heteroatoms. The Morgan fingerprint density at radius 1 is 0.796 bits per heavy atom. The Balaban J connectivity index is 1.62. The number of carbonyl (C=O) groups is 3. The van der Waals surface area contributed by atoms with Gasteiger partial charge in [0.1, 0.15) is 17.3 Å². The Morgan fingerprint density at radius 3 is 1.94 bits per heavy atom. The molecule has 3 aliphatic rings. The van der Waals surface area contributed by atoms with Gasteiger partial charge in [-0.1, -0.05) is 11.6 Å². The molecule has 0 aromatic heterocycles. The van der Waals surface area contributed by atoms with Crippen molar-refractivity contribution in [1.82, 2.24) is 0 Å². The molecule has 2 saturated carbocycles. The van der Waals surface area contributed by atoms with Crippen LogP contribution >= 0.6 is 0 Å². The number of carboxylic acid groups (broad SMARTS) is 2. The molecular formula is C42H41NO11. The SMILES string of the molecule is COc1c(NC2CCC(C(=O)O)C2)c2c(=O)cc(CO)c3c4c(CO)cc(=O)c5c(O)c(CC6CCC(C(=O)O)C6)c6c(c(c1C(C(C)=O)C(C)=C6)c23)c54. The van der Waals surface area contributed by atoms with Gasteiger partial charge in [0.05, 0.1) is 54.5 Å². The van der Waals surface area contributed by atoms with Gasteiger partial charge < -0.3 is 35.6 Å². The molecule has 0 heterocycles. The van der Waals surface area contributed by atoms with E-state index in [4.69, 9.17) is 4.74 Å². The van der Waals surface area contributed by atoms with Crippen LogP contribution in [0.3, 0.4) is 0 Å². The predicted octanol–water partition coefficient (Wildman–Crippen LogP) is 5.39. The van der Waals surface area contributed by atoms with Crippen molar-refractivity contribution >= 4 is 72.6 Å². The lowest BCUT2D eigenvalue weighted by Crippen LogP contribution is -2.22. The topological polar surface area (TPSA) is 208 Å². The first-order valence-electron chi connectivity index (χ1n) is 18.4. The first-order chi connectivity index (χ1) is 25.8. The third-order valence-corrected chi connectivity index (χ3v) is 12.4. The maximum Gasteiger partial charge on any atom is 0.306 e. The number of phenolic OH excluding ortho intramolecular Hbond substituents is 1. The maximum absolute atomic E-state index is 14.5. The molecule has 0 spiro atoms. The fourth-order valence-corrected chi connectivity index (χ4v) is 10.2. The molecule has 5 atom stereocenters. The molecule has 3 aliphatic carbocycles. The number of nitrogens with one attached hydrogen (secondary N) is 1. The second kappa shape index (κ2) is 12.9. The Labute approximate surface area is 308 Å². The van der Waals surface area contributed by atoms with Crippen molar-refractivity contribution in [3.63, 3.8) is 0 Å². The Kier molecular flexibility index (Phi) is 8.53. The van der Waals surface area contributed by atoms with Crippen LogP contribution in [-0.4, -0.2) is 56.4 Å². The van der Waals surface area contributed by atoms with Crippen LogP contribution < -0.4 is 20.9 Å². The van der Waals surface area contributed by atoms with Gasteiger partial charge in [0.15, 0.2) is 10.9 Å². The minimum absolute atomic E-state index is 0.0114. The number of allylic oxidation sites excluding steroid dienone is 1. The lowest BCUT2D eigenvalue weighted by Gasteiger charge is -2.28. The van der Waals surface area contributed by atoms with Gasteiger partial charge in [0.2, 0.25) is 0 Å². The highest BCUT2D eigenvalue weighted by Gasteiger charge is 2.39. The number of methoxy groups -OCH3 is 1. The number of carboxylic acids is 2. The number of rotatable bonds is 10. The second-order valence-corrected chi connectivity index (χ2v) is 15.5. The van der Waals surface area contributed by atoms with Gasteiger partial charge >= 0.3 is 11.9 Å². The predicted molar refractivity (Wildman–Crippen MR) is 203 cm³/mol. The number of hydrogen-bond acceptors (Lipinski definition) is 10. The van der Waals surface area contributed by atoms with E-state index in [2.05, 4.69) is 5.32 Å². The number of aromatic hydroxyl groups is 1. The third kappa shape index (κ3) is 5.06. The zero-order valence-corrected chi connectivity index (χ0v) is 30.2. The average Bonchev–Trinajstić information content (AvgIpc) is 3.78. The van der Waals surface area contributed by atoms with E-state index < -0.39 is 53.8 Å². The molecule has 0 bridgehead atoms. The molecule has 5 aromatic carbocycles. The van der Waals surface area contributed by atoms with Crippen LogP contribution in [0.15, 0.2) is 27.3 Å². The lowest BCUT2D eigenvalue weighted by atomic mass is 9.78. The van der Waals surface area contributed by atoms with Gasteiger partial charge in [-0.15, -0.1) is 0 Å². The average molecular weight is 736 g/mol. The van der Waals surface area contributed by atoms with Crippen LogP contribution in [0.2, 0.25) is 0 Å². The molecule has 0 saturated heterocycles. The fourth-order valence-electron chi connectivity index (χ4n) is 10.2. The van der Waals surface area contributed by atoms with Gasteiger partial charge in [0, 0.05) is 27.9 Å². The van der Waals surface area contributed by atoms with Crippen molar-refractivity contribution in [3.8, 4) is 11.5 Å². The van der Waals surface area contributed by atoms with Crippen molar-refractivity contribution in [2.45, 2.75) is 84.0 Å². The molecule has 0 amide bonds. The first-order valence-corrected chi connectivity index (χ1v) is 18.4. The number of Topliss-reactive ketones (excluding diaryl/α,β-unsaturated/α-hetero) is 1. The number of carbonyl (C=O) groups excluding carboxylic acids is 1. The number of fused-ring (bicyclic) bond motifs is 1. The zero-order valence-electron chi connectivity index (χ0n) is 30.2. The maximum atomic E-state index is 14.5. The Hall–Kier alpha value is -5.33. The number of benzene rings is 5. The fraction of sp³-hybridized carbons (Fsp3) is 0.405. The molecule has 2 fully saturated rings. The lowest BCUT2D eigenvalue weighted by molar-refractivity contribution is -0.142. The van der Waals surface area contributed by atoms with Crippen LogP contribution in [0.25, 0.3) is 49.2 Å². The summed E-state index contributed by atoms with van der Waals surface area (Å²) in [7, 11) is 1.44. The number of aliphatic carboxylic acids is 2. The van der Waals surface area contributed by atoms with Crippen molar-refractivity contribution in [1.29, 1.82) is 0 Å². The summed E-state index contributed by atoms with van der Waals surface area (Å²) in [6, 6.07) is 2.22. The van der Waals surface area contributed by atoms with Crippen molar-refractivity contribution < 1.29 is 44.7 Å². The van der Waals surface area contributed by atoms with Crippen LogP contribution in [0.4, 0.5) is 5.69 Å². The molecule has 280 valence electrons. The number of aliphatic hydroxyl groups excluding tert-OH is 2. The molecule has 0 aliphatic heterocycles. The molecular weight excluding hydrogens is 694 g/mol. The minimum atomic E-state index is -0.925. The summed E-state index contributed by atoms with van der Waals surface area (Å²) in [6.45, 7) is 2.09. The van der Waals surface area contributed by atoms with E-state index >= 15 is 0 Å². The molecule has 0 radical (unpaired) electrons. The largest absolute Gasteiger partial charge is 0.507 e. The summed E-state index contributed by atoms with van der Waals surface area (Å²) in [5.74, 6) is -4.28. The number of anilines is 1. The van der Waals surface area contributed by atoms with E-state index in [9.17, 15) is 49.5 Å². The molecule has 8 rings (SSSR count). The van der Waals surface area contributed by atoms with E-state index in [1.54, 1.807) is 6.92 Å². The summed E-state index contributed by atoms with van der Waals surface area (Å²) in [5, 5.41) is 59.4. The summed E-state index contributed by atoms with van der Waals surface area (Å²) < 4.78 is 6.19. The smallest absolute Gasteiger partial charge is 0.306 e. The van der Waals surface area contributed by atoms with Crippen molar-refractivity contribution in [2.24, 2.45) is 17.8 Å². The van der Waals surface area contributed by atoms with E-state index in [1.165, 1.54) is 26.2 Å². The van der Waals surface area contributed by atoms with Gasteiger partial charge in [-0.05, 0) is 115 Å². The number of ether oxygens (including phenoxy) is 1. The van der Waals surface area contributed by atoms with E-state index in [0.717, 1.165) is 0 Å². The second-order valence-electron chi connectivity index (χ2n) is 15.5. The molecule has 5 aromatic rings. The van der Waals surface area contributed by atoms with E-state index in [-0.39, 0.29) is 63.2 Å². The molecule has 5 unspecified atom stereocenters. The Bertz CT molecular complexity index is 2610. The number of hydrogen-bond donors (Lipinski definition) is 6. The van der Waals surface area contributed by atoms with Crippen molar-refractivity contribution in [2.75, 3.05) is 12.4 Å². The zero-order chi connectivity index (χ0) is 38.5. The standard InChI is InChI=1S/C42H41NO11/c1-16-8-24-25(10-18-4-5-19(9-18)41(50)51)39(49)33-27(48)13-22(15-45)29-30-21(14-44)12-26(47)32-35(30)36(31(24)34(29)33)37(28(16)17(2)46)40(54-3)38(32)43-23-7-6-20(11-23)42(52)53/h8,12-13,18-20,23,28,43-45,49H,4-7,9-11,14-15H2,1-3H3,(H,50,51)(H,52,53). The molecule has 12 nitrogen and oxygen atoms in total. The summed E-state index contributed by atoms with van der Waals surface area (Å²) >= 11 is 0. The molecule has 6 N–H and O–H groups in total.